The first kappa shape index (κ1) is 25.1. The summed E-state index contributed by atoms with van der Waals surface area (Å²) in [5.74, 6) is -3.71. The zero-order chi connectivity index (χ0) is 25.0. The number of alkyl carbamates (subject to hydrolysis) is 1. The van der Waals surface area contributed by atoms with Gasteiger partial charge in [-0.3, -0.25) is 4.79 Å². The van der Waals surface area contributed by atoms with E-state index in [1.54, 1.807) is 13.8 Å². The summed E-state index contributed by atoms with van der Waals surface area (Å²) < 4.78 is 45.6. The molecule has 1 unspecified atom stereocenters. The van der Waals surface area contributed by atoms with Crippen molar-refractivity contribution in [2.24, 2.45) is 5.92 Å². The van der Waals surface area contributed by atoms with Crippen molar-refractivity contribution in [3.63, 3.8) is 0 Å². The molecule has 34 heavy (non-hydrogen) atoms. The number of carboxylic acids is 1. The fourth-order valence-electron chi connectivity index (χ4n) is 4.00. The van der Waals surface area contributed by atoms with Gasteiger partial charge < -0.3 is 20.5 Å². The summed E-state index contributed by atoms with van der Waals surface area (Å²) in [6, 6.07) is 10.4. The maximum atomic E-state index is 13.5. The number of carboxylic acid groups (broad SMARTS) is 1. The lowest BCUT2D eigenvalue weighted by molar-refractivity contribution is -0.169. The number of carbonyl (C=O) groups is 3. The number of hydrogen-bond acceptors (Lipinski definition) is 4. The Morgan fingerprint density at radius 1 is 0.971 bits per heavy atom. The van der Waals surface area contributed by atoms with E-state index in [-0.39, 0.29) is 24.9 Å². The first-order valence-corrected chi connectivity index (χ1v) is 10.7. The minimum absolute atomic E-state index is 0.0728. The molecule has 0 fully saturated rings. The Morgan fingerprint density at radius 3 is 1.97 bits per heavy atom. The first-order chi connectivity index (χ1) is 16.0. The predicted octanol–water partition coefficient (Wildman–Crippen LogP) is 4.07. The molecule has 0 radical (unpaired) electrons. The summed E-state index contributed by atoms with van der Waals surface area (Å²) >= 11 is 0. The smallest absolute Gasteiger partial charge is 0.417 e. The van der Waals surface area contributed by atoms with Gasteiger partial charge in [0.15, 0.2) is 0 Å². The second-order valence-electron chi connectivity index (χ2n) is 8.47. The van der Waals surface area contributed by atoms with Gasteiger partial charge in [-0.15, -0.1) is 0 Å². The minimum atomic E-state index is -5.16. The lowest BCUT2D eigenvalue weighted by Gasteiger charge is -2.24. The summed E-state index contributed by atoms with van der Waals surface area (Å²) in [6.07, 6.45) is -6.66. The quantitative estimate of drug-likeness (QED) is 0.531. The van der Waals surface area contributed by atoms with Gasteiger partial charge >= 0.3 is 18.2 Å². The third kappa shape index (κ3) is 5.67. The molecule has 10 heteroatoms. The molecule has 7 nitrogen and oxygen atoms in total. The van der Waals surface area contributed by atoms with E-state index < -0.39 is 36.2 Å². The number of fused-ring (bicyclic) bond motifs is 3. The van der Waals surface area contributed by atoms with Crippen LogP contribution in [0.25, 0.3) is 11.1 Å². The summed E-state index contributed by atoms with van der Waals surface area (Å²) in [5.41, 5.74) is 3.65. The largest absolute Gasteiger partial charge is 0.480 e. The molecule has 3 N–H and O–H groups in total. The Bertz CT molecular complexity index is 1030. The van der Waals surface area contributed by atoms with E-state index in [1.165, 1.54) is 5.32 Å². The van der Waals surface area contributed by atoms with Crippen LogP contribution in [0, 0.1) is 5.92 Å². The van der Waals surface area contributed by atoms with Crippen LogP contribution in [0.15, 0.2) is 48.5 Å². The topological polar surface area (TPSA) is 105 Å². The van der Waals surface area contributed by atoms with Gasteiger partial charge in [0.2, 0.25) is 6.04 Å². The monoisotopic (exact) mass is 478 g/mol. The molecule has 0 aromatic heterocycles. The van der Waals surface area contributed by atoms with Crippen molar-refractivity contribution in [3.8, 4) is 11.1 Å². The van der Waals surface area contributed by atoms with Crippen LogP contribution in [0.4, 0.5) is 18.0 Å². The average molecular weight is 478 g/mol. The second kappa shape index (κ2) is 10.1. The summed E-state index contributed by atoms with van der Waals surface area (Å²) in [6.45, 7) is 3.09. The third-order valence-electron chi connectivity index (χ3n) is 5.52. The fraction of sp³-hybridized carbons (Fsp3) is 0.375. The Balaban J connectivity index is 1.69. The van der Waals surface area contributed by atoms with Crippen LogP contribution in [-0.4, -0.2) is 47.9 Å². The van der Waals surface area contributed by atoms with Crippen LogP contribution in [-0.2, 0) is 14.3 Å². The number of aliphatic carboxylic acids is 1. The van der Waals surface area contributed by atoms with Gasteiger partial charge in [0, 0.05) is 5.92 Å². The molecule has 1 aliphatic rings. The van der Waals surface area contributed by atoms with Crippen molar-refractivity contribution < 1.29 is 37.4 Å². The van der Waals surface area contributed by atoms with Gasteiger partial charge in [-0.25, -0.2) is 9.59 Å². The molecule has 0 heterocycles. The minimum Gasteiger partial charge on any atom is -0.480 e. The highest BCUT2D eigenvalue weighted by molar-refractivity contribution is 5.90. The molecule has 0 spiro atoms. The Kier molecular flexibility index (Phi) is 7.48. The third-order valence-corrected chi connectivity index (χ3v) is 5.52. The average Bonchev–Trinajstić information content (AvgIpc) is 3.08. The standard InChI is InChI=1S/C24H25F3N2O5/c1-13(2)11-19(22(31)32)28-21(30)20(24(25,26)27)29-23(33)34-12-18-16-9-5-3-7-14(16)15-8-4-6-10-17(15)18/h3-10,13,18-20H,11-12H2,1-2H3,(H,28,30)(H,29,33)(H,31,32)/t19-,20?/m1/s1. The van der Waals surface area contributed by atoms with E-state index in [0.29, 0.717) is 0 Å². The highest BCUT2D eigenvalue weighted by atomic mass is 19.4. The molecular formula is C24H25F3N2O5. The number of nitrogens with one attached hydrogen (secondary N) is 2. The van der Waals surface area contributed by atoms with Crippen LogP contribution in [0.2, 0.25) is 0 Å². The van der Waals surface area contributed by atoms with Gasteiger partial charge in [-0.05, 0) is 34.6 Å². The summed E-state index contributed by atoms with van der Waals surface area (Å²) in [4.78, 5) is 35.8. The van der Waals surface area contributed by atoms with Crippen molar-refractivity contribution in [3.05, 3.63) is 59.7 Å². The fourth-order valence-corrected chi connectivity index (χ4v) is 4.00. The van der Waals surface area contributed by atoms with Gasteiger partial charge in [0.25, 0.3) is 5.91 Å². The van der Waals surface area contributed by atoms with E-state index in [1.807, 2.05) is 53.8 Å². The van der Waals surface area contributed by atoms with E-state index >= 15 is 0 Å². The molecule has 182 valence electrons. The highest BCUT2D eigenvalue weighted by Gasteiger charge is 2.47. The molecule has 2 amide bonds. The first-order valence-electron chi connectivity index (χ1n) is 10.7. The van der Waals surface area contributed by atoms with Gasteiger partial charge in [0.05, 0.1) is 0 Å². The van der Waals surface area contributed by atoms with Crippen molar-refractivity contribution >= 4 is 18.0 Å². The second-order valence-corrected chi connectivity index (χ2v) is 8.47. The summed E-state index contributed by atoms with van der Waals surface area (Å²) in [5, 5.41) is 12.6. The zero-order valence-electron chi connectivity index (χ0n) is 18.6. The molecule has 0 bridgehead atoms. The molecular weight excluding hydrogens is 453 g/mol. The lowest BCUT2D eigenvalue weighted by Crippen LogP contribution is -2.58. The number of benzene rings is 2. The highest BCUT2D eigenvalue weighted by Crippen LogP contribution is 2.44. The van der Waals surface area contributed by atoms with Gasteiger partial charge in [0.1, 0.15) is 12.6 Å². The number of amides is 2. The number of ether oxygens (including phenoxy) is 1. The number of carbonyl (C=O) groups excluding carboxylic acids is 2. The van der Waals surface area contributed by atoms with Crippen molar-refractivity contribution in [1.29, 1.82) is 0 Å². The molecule has 0 aliphatic heterocycles. The molecule has 2 aromatic carbocycles. The van der Waals surface area contributed by atoms with Crippen LogP contribution in [0.3, 0.4) is 0 Å². The number of rotatable bonds is 8. The molecule has 2 aromatic rings. The number of halogens is 3. The molecule has 0 saturated heterocycles. The maximum absolute atomic E-state index is 13.5. The molecule has 0 saturated carbocycles. The normalized spacial score (nSPS) is 14.6. The van der Waals surface area contributed by atoms with Crippen molar-refractivity contribution in [1.82, 2.24) is 10.6 Å². The van der Waals surface area contributed by atoms with Gasteiger partial charge in [-0.1, -0.05) is 62.4 Å². The lowest BCUT2D eigenvalue weighted by atomic mass is 9.98. The predicted molar refractivity (Wildman–Crippen MR) is 117 cm³/mol. The molecule has 2 atom stereocenters. The Morgan fingerprint density at radius 2 is 1.50 bits per heavy atom. The SMILES string of the molecule is CC(C)C[C@@H](NC(=O)C(NC(=O)OCC1c2ccccc2-c2ccccc21)C(F)(F)F)C(=O)O. The van der Waals surface area contributed by atoms with E-state index in [0.717, 1.165) is 22.3 Å². The van der Waals surface area contributed by atoms with Crippen molar-refractivity contribution in [2.75, 3.05) is 6.61 Å². The van der Waals surface area contributed by atoms with E-state index in [9.17, 15) is 32.7 Å². The van der Waals surface area contributed by atoms with Crippen molar-refractivity contribution in [2.45, 2.75) is 44.4 Å². The molecule has 1 aliphatic carbocycles. The molecule has 3 rings (SSSR count). The Hall–Kier alpha value is -3.56. The number of alkyl halides is 3. The van der Waals surface area contributed by atoms with Crippen LogP contribution in [0.5, 0.6) is 0 Å². The zero-order valence-corrected chi connectivity index (χ0v) is 18.6. The van der Waals surface area contributed by atoms with Crippen LogP contribution in [0.1, 0.15) is 37.3 Å². The number of hydrogen-bond donors (Lipinski definition) is 3. The Labute approximate surface area is 194 Å². The summed E-state index contributed by atoms with van der Waals surface area (Å²) in [7, 11) is 0. The van der Waals surface area contributed by atoms with Crippen LogP contribution < -0.4 is 10.6 Å². The van der Waals surface area contributed by atoms with E-state index in [2.05, 4.69) is 0 Å². The maximum Gasteiger partial charge on any atom is 0.417 e. The van der Waals surface area contributed by atoms with Gasteiger partial charge in [-0.2, -0.15) is 13.2 Å². The van der Waals surface area contributed by atoms with Crippen LogP contribution >= 0.6 is 0 Å². The van der Waals surface area contributed by atoms with E-state index in [4.69, 9.17) is 4.74 Å².